The zero-order valence-electron chi connectivity index (χ0n) is 8.58. The summed E-state index contributed by atoms with van der Waals surface area (Å²) in [6, 6.07) is 1.46. The van der Waals surface area contributed by atoms with Crippen LogP contribution in [0.3, 0.4) is 0 Å². The molecule has 0 unspecified atom stereocenters. The van der Waals surface area contributed by atoms with E-state index in [1.165, 1.54) is 30.9 Å². The maximum Gasteiger partial charge on any atom is 0.265 e. The van der Waals surface area contributed by atoms with Gasteiger partial charge in [0.25, 0.3) is 10.0 Å². The number of hydrazine groups is 1. The third-order valence-corrected chi connectivity index (χ3v) is 3.39. The smallest absolute Gasteiger partial charge is 0.265 e. The molecule has 9 heteroatoms. The van der Waals surface area contributed by atoms with E-state index in [0.29, 0.717) is 5.69 Å². The van der Waals surface area contributed by atoms with Crippen molar-refractivity contribution < 1.29 is 8.42 Å². The van der Waals surface area contributed by atoms with E-state index in [1.807, 2.05) is 0 Å². The Morgan fingerprint density at radius 2 is 2.18 bits per heavy atom. The molecule has 0 bridgehead atoms. The lowest BCUT2D eigenvalue weighted by Crippen LogP contribution is -2.17. The monoisotopic (exact) mass is 254 g/mol. The Morgan fingerprint density at radius 3 is 2.82 bits per heavy atom. The van der Waals surface area contributed by atoms with Crippen LogP contribution in [0.2, 0.25) is 0 Å². The summed E-state index contributed by atoms with van der Waals surface area (Å²) in [6.45, 7) is 0. The number of H-pyrrole nitrogens is 1. The van der Waals surface area contributed by atoms with E-state index in [-0.39, 0.29) is 10.6 Å². The van der Waals surface area contributed by atoms with E-state index in [0.717, 1.165) is 0 Å². The van der Waals surface area contributed by atoms with Crippen LogP contribution in [0.25, 0.3) is 0 Å². The second-order valence-electron chi connectivity index (χ2n) is 3.11. The third kappa shape index (κ3) is 2.34. The topological polar surface area (TPSA) is 126 Å². The Bertz CT molecular complexity index is 594. The molecule has 8 nitrogen and oxygen atoms in total. The predicted molar refractivity (Wildman–Crippen MR) is 61.4 cm³/mol. The first-order valence-corrected chi connectivity index (χ1v) is 6.04. The van der Waals surface area contributed by atoms with Gasteiger partial charge in [0, 0.05) is 18.6 Å². The summed E-state index contributed by atoms with van der Waals surface area (Å²) >= 11 is 0. The molecule has 2 rings (SSSR count). The lowest BCUT2D eigenvalue weighted by atomic mass is 10.4. The summed E-state index contributed by atoms with van der Waals surface area (Å²) in [5.41, 5.74) is 2.89. The molecular weight excluding hydrogens is 244 g/mol. The highest BCUT2D eigenvalue weighted by Crippen LogP contribution is 2.20. The first-order valence-electron chi connectivity index (χ1n) is 4.56. The number of nitrogens with zero attached hydrogens (tertiary/aromatic N) is 2. The van der Waals surface area contributed by atoms with Crippen LogP contribution in [0.1, 0.15) is 0 Å². The predicted octanol–water partition coefficient (Wildman–Crippen LogP) is -0.109. The van der Waals surface area contributed by atoms with E-state index < -0.39 is 10.0 Å². The van der Waals surface area contributed by atoms with Crippen LogP contribution in [-0.2, 0) is 10.0 Å². The molecule has 0 saturated heterocycles. The number of aromatic nitrogens is 3. The van der Waals surface area contributed by atoms with Crippen LogP contribution >= 0.6 is 0 Å². The van der Waals surface area contributed by atoms with Crippen LogP contribution in [0.5, 0.6) is 0 Å². The van der Waals surface area contributed by atoms with Gasteiger partial charge in [0.15, 0.2) is 0 Å². The van der Waals surface area contributed by atoms with E-state index in [2.05, 4.69) is 25.3 Å². The maximum absolute atomic E-state index is 12.0. The molecule has 0 radical (unpaired) electrons. The number of nitrogens with two attached hydrogens (primary N) is 1. The Hall–Kier alpha value is -2.13. The number of anilines is 2. The molecule has 0 aliphatic carbocycles. The van der Waals surface area contributed by atoms with Gasteiger partial charge in [-0.05, 0) is 6.07 Å². The maximum atomic E-state index is 12.0. The average molecular weight is 254 g/mol. The van der Waals surface area contributed by atoms with Gasteiger partial charge < -0.3 is 5.43 Å². The van der Waals surface area contributed by atoms with Gasteiger partial charge in [-0.25, -0.2) is 8.42 Å². The fourth-order valence-corrected chi connectivity index (χ4v) is 2.38. The molecule has 5 N–H and O–H groups in total. The number of hydrogen-bond acceptors (Lipinski definition) is 6. The lowest BCUT2D eigenvalue weighted by molar-refractivity contribution is 0.601. The summed E-state index contributed by atoms with van der Waals surface area (Å²) in [4.78, 5) is 3.71. The van der Waals surface area contributed by atoms with E-state index in [4.69, 9.17) is 5.84 Å². The Kier molecular flexibility index (Phi) is 2.93. The van der Waals surface area contributed by atoms with Gasteiger partial charge in [-0.1, -0.05) is 0 Å². The van der Waals surface area contributed by atoms with Gasteiger partial charge in [-0.2, -0.15) is 5.10 Å². The van der Waals surface area contributed by atoms with Gasteiger partial charge in [-0.15, -0.1) is 0 Å². The van der Waals surface area contributed by atoms with Crippen molar-refractivity contribution in [2.24, 2.45) is 5.84 Å². The standard InChI is InChI=1S/C8H10N6O2S/c9-13-7-1-2-10-5-8(7)17(15,16)14-6-3-11-12-4-6/h1-5,14H,9H2,(H,10,13)(H,11,12). The van der Waals surface area contributed by atoms with Crippen molar-refractivity contribution in [1.82, 2.24) is 15.2 Å². The molecule has 0 aliphatic heterocycles. The summed E-state index contributed by atoms with van der Waals surface area (Å²) in [5, 5.41) is 6.13. The minimum absolute atomic E-state index is 0.0382. The highest BCUT2D eigenvalue weighted by molar-refractivity contribution is 7.92. The van der Waals surface area contributed by atoms with Gasteiger partial charge in [0.05, 0.1) is 17.6 Å². The Balaban J connectivity index is 2.38. The van der Waals surface area contributed by atoms with Crippen LogP contribution < -0.4 is 16.0 Å². The molecule has 90 valence electrons. The summed E-state index contributed by atoms with van der Waals surface area (Å²) in [5.74, 6) is 5.23. The molecule has 2 aromatic heterocycles. The van der Waals surface area contributed by atoms with Gasteiger partial charge in [-0.3, -0.25) is 20.6 Å². The molecule has 0 amide bonds. The van der Waals surface area contributed by atoms with Crippen molar-refractivity contribution in [1.29, 1.82) is 0 Å². The SMILES string of the molecule is NNc1ccncc1S(=O)(=O)Nc1cn[nH]c1. The molecule has 0 aliphatic rings. The average Bonchev–Trinajstić information content (AvgIpc) is 2.81. The van der Waals surface area contributed by atoms with Crippen LogP contribution in [-0.4, -0.2) is 23.6 Å². The molecule has 0 fully saturated rings. The molecule has 2 heterocycles. The number of nitrogen functional groups attached to an aromatic ring is 1. The van der Waals surface area contributed by atoms with Gasteiger partial charge in [0.2, 0.25) is 0 Å². The fraction of sp³-hybridized carbons (Fsp3) is 0. The first-order chi connectivity index (χ1) is 8.13. The zero-order chi connectivity index (χ0) is 12.3. The number of hydrogen-bond donors (Lipinski definition) is 4. The molecule has 0 aromatic carbocycles. The summed E-state index contributed by atoms with van der Waals surface area (Å²) in [6.07, 6.45) is 5.41. The van der Waals surface area contributed by atoms with Crippen molar-refractivity contribution in [2.75, 3.05) is 10.1 Å². The first kappa shape index (κ1) is 11.4. The second kappa shape index (κ2) is 4.39. The Labute approximate surface area is 97.3 Å². The van der Waals surface area contributed by atoms with Crippen molar-refractivity contribution in [3.8, 4) is 0 Å². The second-order valence-corrected chi connectivity index (χ2v) is 4.76. The van der Waals surface area contributed by atoms with Crippen LogP contribution in [0.15, 0.2) is 35.7 Å². The molecule has 17 heavy (non-hydrogen) atoms. The summed E-state index contributed by atoms with van der Waals surface area (Å²) < 4.78 is 26.3. The quantitative estimate of drug-likeness (QED) is 0.445. The lowest BCUT2D eigenvalue weighted by Gasteiger charge is -2.09. The molecule has 0 spiro atoms. The van der Waals surface area contributed by atoms with E-state index in [9.17, 15) is 8.42 Å². The highest BCUT2D eigenvalue weighted by atomic mass is 32.2. The fourth-order valence-electron chi connectivity index (χ4n) is 1.23. The largest absolute Gasteiger partial charge is 0.323 e. The molecule has 2 aromatic rings. The molecular formula is C8H10N6O2S. The minimum atomic E-state index is -3.74. The third-order valence-electron chi connectivity index (χ3n) is 1.98. The number of aromatic amines is 1. The van der Waals surface area contributed by atoms with E-state index >= 15 is 0 Å². The highest BCUT2D eigenvalue weighted by Gasteiger charge is 2.18. The number of nitrogens with one attached hydrogen (secondary N) is 3. The van der Waals surface area contributed by atoms with E-state index in [1.54, 1.807) is 0 Å². The summed E-state index contributed by atoms with van der Waals surface area (Å²) in [7, 11) is -3.74. The Morgan fingerprint density at radius 1 is 1.35 bits per heavy atom. The molecule has 0 atom stereocenters. The number of pyridine rings is 1. The van der Waals surface area contributed by atoms with Crippen molar-refractivity contribution in [3.63, 3.8) is 0 Å². The number of rotatable bonds is 4. The van der Waals surface area contributed by atoms with Crippen molar-refractivity contribution in [2.45, 2.75) is 4.90 Å². The number of sulfonamides is 1. The zero-order valence-corrected chi connectivity index (χ0v) is 9.40. The minimum Gasteiger partial charge on any atom is -0.323 e. The normalized spacial score (nSPS) is 11.1. The van der Waals surface area contributed by atoms with Crippen molar-refractivity contribution in [3.05, 3.63) is 30.9 Å². The van der Waals surface area contributed by atoms with Crippen LogP contribution in [0, 0.1) is 0 Å². The van der Waals surface area contributed by atoms with Crippen molar-refractivity contribution >= 4 is 21.4 Å². The molecule has 0 saturated carbocycles. The van der Waals surface area contributed by atoms with Gasteiger partial charge >= 0.3 is 0 Å². The van der Waals surface area contributed by atoms with Gasteiger partial charge in [0.1, 0.15) is 4.90 Å². The van der Waals surface area contributed by atoms with Crippen LogP contribution in [0.4, 0.5) is 11.4 Å².